The summed E-state index contributed by atoms with van der Waals surface area (Å²) >= 11 is 0. The standard InChI is InChI=1S/C22H30N4O5S/c1-4-32(28,29)24-20-10-7-18(15-21(20)31-3)23-22(27)26-13-11-25(12-14-26)16-17-5-8-19(30-2)9-6-17/h5-10,15,24H,4,11-14,16H2,1-3H3,(H,23,27). The monoisotopic (exact) mass is 462 g/mol. The first-order valence-electron chi connectivity index (χ1n) is 10.4. The van der Waals surface area contributed by atoms with E-state index < -0.39 is 10.0 Å². The van der Waals surface area contributed by atoms with Gasteiger partial charge in [-0.05, 0) is 36.8 Å². The van der Waals surface area contributed by atoms with Crippen LogP contribution < -0.4 is 19.5 Å². The molecule has 174 valence electrons. The van der Waals surface area contributed by atoms with Crippen LogP contribution in [0.15, 0.2) is 42.5 Å². The molecule has 2 N–H and O–H groups in total. The van der Waals surface area contributed by atoms with Crippen LogP contribution in [-0.2, 0) is 16.6 Å². The molecule has 0 aromatic heterocycles. The molecule has 1 heterocycles. The van der Waals surface area contributed by atoms with Gasteiger partial charge in [0.1, 0.15) is 11.5 Å². The van der Waals surface area contributed by atoms with Gasteiger partial charge in [-0.15, -0.1) is 0 Å². The van der Waals surface area contributed by atoms with Crippen molar-refractivity contribution in [2.45, 2.75) is 13.5 Å². The number of carbonyl (C=O) groups is 1. The van der Waals surface area contributed by atoms with E-state index in [0.29, 0.717) is 30.2 Å². The topological polar surface area (TPSA) is 100 Å². The Morgan fingerprint density at radius 2 is 1.69 bits per heavy atom. The maximum absolute atomic E-state index is 12.7. The summed E-state index contributed by atoms with van der Waals surface area (Å²) in [6, 6.07) is 12.6. The molecule has 10 heteroatoms. The largest absolute Gasteiger partial charge is 0.497 e. The van der Waals surface area contributed by atoms with Gasteiger partial charge in [0.05, 0.1) is 25.7 Å². The van der Waals surface area contributed by atoms with Crippen molar-refractivity contribution in [2.24, 2.45) is 0 Å². The van der Waals surface area contributed by atoms with Crippen LogP contribution in [0.4, 0.5) is 16.2 Å². The van der Waals surface area contributed by atoms with Crippen LogP contribution in [-0.4, -0.2) is 70.4 Å². The number of hydrogen-bond donors (Lipinski definition) is 2. The summed E-state index contributed by atoms with van der Waals surface area (Å²) in [7, 11) is -0.325. The van der Waals surface area contributed by atoms with Crippen LogP contribution in [0.5, 0.6) is 11.5 Å². The molecule has 0 saturated carbocycles. The van der Waals surface area contributed by atoms with Gasteiger partial charge in [0.15, 0.2) is 0 Å². The van der Waals surface area contributed by atoms with E-state index in [4.69, 9.17) is 9.47 Å². The number of carbonyl (C=O) groups excluding carboxylic acids is 1. The van der Waals surface area contributed by atoms with Gasteiger partial charge >= 0.3 is 6.03 Å². The molecular formula is C22H30N4O5S. The second-order valence-corrected chi connectivity index (χ2v) is 9.47. The third-order valence-corrected chi connectivity index (χ3v) is 6.61. The number of urea groups is 1. The molecule has 1 saturated heterocycles. The van der Waals surface area contributed by atoms with Gasteiger partial charge < -0.3 is 19.7 Å². The highest BCUT2D eigenvalue weighted by atomic mass is 32.2. The molecule has 1 fully saturated rings. The van der Waals surface area contributed by atoms with E-state index in [1.54, 1.807) is 37.1 Å². The lowest BCUT2D eigenvalue weighted by atomic mass is 10.2. The molecular weight excluding hydrogens is 432 g/mol. The zero-order valence-electron chi connectivity index (χ0n) is 18.6. The fraction of sp³-hybridized carbons (Fsp3) is 0.409. The van der Waals surface area contributed by atoms with E-state index >= 15 is 0 Å². The molecule has 1 aliphatic heterocycles. The molecule has 0 atom stereocenters. The minimum Gasteiger partial charge on any atom is -0.497 e. The van der Waals surface area contributed by atoms with E-state index in [0.717, 1.165) is 25.4 Å². The van der Waals surface area contributed by atoms with Crippen molar-refractivity contribution in [2.75, 3.05) is 56.2 Å². The van der Waals surface area contributed by atoms with Crippen molar-refractivity contribution in [3.8, 4) is 11.5 Å². The zero-order valence-corrected chi connectivity index (χ0v) is 19.4. The van der Waals surface area contributed by atoms with Crippen LogP contribution in [0.1, 0.15) is 12.5 Å². The van der Waals surface area contributed by atoms with E-state index in [2.05, 4.69) is 27.1 Å². The molecule has 0 bridgehead atoms. The van der Waals surface area contributed by atoms with Crippen molar-refractivity contribution in [3.05, 3.63) is 48.0 Å². The summed E-state index contributed by atoms with van der Waals surface area (Å²) in [6.45, 7) is 5.17. The molecule has 0 aliphatic carbocycles. The van der Waals surface area contributed by atoms with Crippen molar-refractivity contribution < 1.29 is 22.7 Å². The molecule has 0 radical (unpaired) electrons. The Bertz CT molecular complexity index is 1020. The molecule has 0 spiro atoms. The number of piperazine rings is 1. The van der Waals surface area contributed by atoms with E-state index in [9.17, 15) is 13.2 Å². The van der Waals surface area contributed by atoms with Crippen LogP contribution in [0.25, 0.3) is 0 Å². The predicted octanol–water partition coefficient (Wildman–Crippen LogP) is 2.82. The minimum atomic E-state index is -3.43. The van der Waals surface area contributed by atoms with Crippen molar-refractivity contribution >= 4 is 27.4 Å². The number of rotatable bonds is 8. The molecule has 2 amide bonds. The Morgan fingerprint density at radius 3 is 2.28 bits per heavy atom. The predicted molar refractivity (Wildman–Crippen MR) is 125 cm³/mol. The fourth-order valence-corrected chi connectivity index (χ4v) is 4.04. The summed E-state index contributed by atoms with van der Waals surface area (Å²) in [5, 5.41) is 2.86. The van der Waals surface area contributed by atoms with Crippen molar-refractivity contribution in [1.29, 1.82) is 0 Å². The Balaban J connectivity index is 1.54. The SMILES string of the molecule is CCS(=O)(=O)Nc1ccc(NC(=O)N2CCN(Cc3ccc(OC)cc3)CC2)cc1OC. The lowest BCUT2D eigenvalue weighted by Gasteiger charge is -2.34. The van der Waals surface area contributed by atoms with Crippen LogP contribution >= 0.6 is 0 Å². The van der Waals surface area contributed by atoms with Crippen molar-refractivity contribution in [1.82, 2.24) is 9.80 Å². The van der Waals surface area contributed by atoms with E-state index in [1.807, 2.05) is 12.1 Å². The summed E-state index contributed by atoms with van der Waals surface area (Å²) in [6.07, 6.45) is 0. The first-order valence-corrected chi connectivity index (χ1v) is 12.1. The van der Waals surface area contributed by atoms with Crippen LogP contribution in [0.3, 0.4) is 0 Å². The smallest absolute Gasteiger partial charge is 0.321 e. The molecule has 2 aromatic rings. The number of nitrogens with zero attached hydrogens (tertiary/aromatic N) is 2. The van der Waals surface area contributed by atoms with Gasteiger partial charge in [-0.3, -0.25) is 9.62 Å². The van der Waals surface area contributed by atoms with Gasteiger partial charge in [0.2, 0.25) is 10.0 Å². The Hall–Kier alpha value is -2.98. The highest BCUT2D eigenvalue weighted by molar-refractivity contribution is 7.92. The highest BCUT2D eigenvalue weighted by Gasteiger charge is 2.22. The summed E-state index contributed by atoms with van der Waals surface area (Å²) < 4.78 is 36.6. The normalized spacial score (nSPS) is 14.7. The third-order valence-electron chi connectivity index (χ3n) is 5.32. The quantitative estimate of drug-likeness (QED) is 0.626. The number of benzene rings is 2. The highest BCUT2D eigenvalue weighted by Crippen LogP contribution is 2.29. The summed E-state index contributed by atoms with van der Waals surface area (Å²) in [5.74, 6) is 1.13. The average molecular weight is 463 g/mol. The molecule has 2 aromatic carbocycles. The van der Waals surface area contributed by atoms with Crippen LogP contribution in [0, 0.1) is 0 Å². The lowest BCUT2D eigenvalue weighted by molar-refractivity contribution is 0.143. The van der Waals surface area contributed by atoms with Crippen molar-refractivity contribution in [3.63, 3.8) is 0 Å². The molecule has 1 aliphatic rings. The number of hydrogen-bond acceptors (Lipinski definition) is 6. The number of ether oxygens (including phenoxy) is 2. The Labute approximate surface area is 189 Å². The molecule has 9 nitrogen and oxygen atoms in total. The lowest BCUT2D eigenvalue weighted by Crippen LogP contribution is -2.49. The van der Waals surface area contributed by atoms with Gasteiger partial charge in [0.25, 0.3) is 0 Å². The minimum absolute atomic E-state index is 0.0426. The number of amides is 2. The zero-order chi connectivity index (χ0) is 23.1. The third kappa shape index (κ3) is 6.27. The summed E-state index contributed by atoms with van der Waals surface area (Å²) in [5.41, 5.74) is 2.07. The number of sulfonamides is 1. The fourth-order valence-electron chi connectivity index (χ4n) is 3.39. The molecule has 3 rings (SSSR count). The number of methoxy groups -OCH3 is 2. The Morgan fingerprint density at radius 1 is 1.00 bits per heavy atom. The molecule has 0 unspecified atom stereocenters. The van der Waals surface area contributed by atoms with Gasteiger partial charge in [-0.2, -0.15) is 0 Å². The van der Waals surface area contributed by atoms with E-state index in [-0.39, 0.29) is 11.8 Å². The van der Waals surface area contributed by atoms with E-state index in [1.165, 1.54) is 12.7 Å². The maximum atomic E-state index is 12.7. The second-order valence-electron chi connectivity index (χ2n) is 7.46. The van der Waals surface area contributed by atoms with Crippen LogP contribution in [0.2, 0.25) is 0 Å². The Kier molecular flexibility index (Phi) is 7.81. The number of anilines is 2. The first kappa shape index (κ1) is 23.7. The van der Waals surface area contributed by atoms with Gasteiger partial charge in [-0.25, -0.2) is 13.2 Å². The van der Waals surface area contributed by atoms with Gasteiger partial charge in [-0.1, -0.05) is 12.1 Å². The number of nitrogens with one attached hydrogen (secondary N) is 2. The molecule has 32 heavy (non-hydrogen) atoms. The second kappa shape index (κ2) is 10.6. The van der Waals surface area contributed by atoms with Gasteiger partial charge in [0, 0.05) is 44.5 Å². The summed E-state index contributed by atoms with van der Waals surface area (Å²) in [4.78, 5) is 16.8. The first-order chi connectivity index (χ1) is 15.3. The average Bonchev–Trinajstić information content (AvgIpc) is 2.81. The maximum Gasteiger partial charge on any atom is 0.321 e.